The Bertz CT molecular complexity index is 430. The fourth-order valence-corrected chi connectivity index (χ4v) is 2.11. The lowest BCUT2D eigenvalue weighted by Crippen LogP contribution is -2.41. The van der Waals surface area contributed by atoms with E-state index in [1.807, 2.05) is 20.2 Å². The van der Waals surface area contributed by atoms with Gasteiger partial charge in [0.1, 0.15) is 5.54 Å². The predicted molar refractivity (Wildman–Crippen MR) is 77.9 cm³/mol. The summed E-state index contributed by atoms with van der Waals surface area (Å²) >= 11 is 0. The van der Waals surface area contributed by atoms with E-state index in [0.29, 0.717) is 0 Å². The van der Waals surface area contributed by atoms with Crippen LogP contribution in [0.25, 0.3) is 0 Å². The first-order valence-corrected chi connectivity index (χ1v) is 7.17. The highest BCUT2D eigenvalue weighted by Crippen LogP contribution is 2.14. The molecule has 106 valence electrons. The maximum absolute atomic E-state index is 9.25. The number of nitrogens with one attached hydrogen (secondary N) is 1. The Morgan fingerprint density at radius 1 is 1.42 bits per heavy atom. The average molecular weight is 262 g/mol. The summed E-state index contributed by atoms with van der Waals surface area (Å²) in [6.07, 6.45) is 6.00. The highest BCUT2D eigenvalue weighted by atomic mass is 15.0. The molecular weight excluding hydrogens is 236 g/mol. The Balaban J connectivity index is 2.33. The molecule has 0 radical (unpaired) electrons. The molecule has 0 aliphatic heterocycles. The van der Waals surface area contributed by atoms with Gasteiger partial charge in [-0.2, -0.15) is 5.26 Å². The van der Waals surface area contributed by atoms with E-state index < -0.39 is 0 Å². The van der Waals surface area contributed by atoms with E-state index in [1.54, 1.807) is 0 Å². The first-order valence-electron chi connectivity index (χ1n) is 7.17. The standard InChI is InChI=1S/C15H26N4/c1-5-9-18-15(4,11-16)8-6-7-10-19-12-17-13(2)14(19)3/h12,18H,5-10H2,1-4H3. The van der Waals surface area contributed by atoms with E-state index in [-0.39, 0.29) is 5.54 Å². The highest BCUT2D eigenvalue weighted by molar-refractivity contribution is 5.08. The molecule has 1 aromatic heterocycles. The van der Waals surface area contributed by atoms with Crippen LogP contribution in [0.15, 0.2) is 6.33 Å². The van der Waals surface area contributed by atoms with Crippen LogP contribution in [0.4, 0.5) is 0 Å². The topological polar surface area (TPSA) is 53.6 Å². The lowest BCUT2D eigenvalue weighted by Gasteiger charge is -2.23. The summed E-state index contributed by atoms with van der Waals surface area (Å²) in [6.45, 7) is 10.1. The largest absolute Gasteiger partial charge is 0.335 e. The van der Waals surface area contributed by atoms with E-state index in [9.17, 15) is 5.26 Å². The van der Waals surface area contributed by atoms with Crippen molar-refractivity contribution in [3.05, 3.63) is 17.7 Å². The van der Waals surface area contributed by atoms with Crippen molar-refractivity contribution >= 4 is 0 Å². The lowest BCUT2D eigenvalue weighted by molar-refractivity contribution is 0.395. The van der Waals surface area contributed by atoms with Crippen LogP contribution in [0.2, 0.25) is 0 Å². The summed E-state index contributed by atoms with van der Waals surface area (Å²) in [5.41, 5.74) is 1.97. The summed E-state index contributed by atoms with van der Waals surface area (Å²) in [7, 11) is 0. The van der Waals surface area contributed by atoms with Gasteiger partial charge in [0.25, 0.3) is 0 Å². The summed E-state index contributed by atoms with van der Waals surface area (Å²) in [6, 6.07) is 2.40. The Morgan fingerprint density at radius 3 is 2.68 bits per heavy atom. The number of imidazole rings is 1. The van der Waals surface area contributed by atoms with Gasteiger partial charge in [-0.3, -0.25) is 5.32 Å². The Morgan fingerprint density at radius 2 is 2.16 bits per heavy atom. The van der Waals surface area contributed by atoms with Gasteiger partial charge in [-0.05, 0) is 53.0 Å². The van der Waals surface area contributed by atoms with Crippen molar-refractivity contribution in [2.45, 2.75) is 65.5 Å². The third-order valence-corrected chi connectivity index (χ3v) is 3.68. The fourth-order valence-electron chi connectivity index (χ4n) is 2.11. The Labute approximate surface area is 116 Å². The van der Waals surface area contributed by atoms with E-state index in [2.05, 4.69) is 34.8 Å². The summed E-state index contributed by atoms with van der Waals surface area (Å²) < 4.78 is 2.19. The number of aryl methyl sites for hydroxylation is 2. The Kier molecular flexibility index (Phi) is 6.04. The molecule has 19 heavy (non-hydrogen) atoms. The van der Waals surface area contributed by atoms with Crippen LogP contribution in [-0.4, -0.2) is 21.6 Å². The van der Waals surface area contributed by atoms with Gasteiger partial charge >= 0.3 is 0 Å². The minimum Gasteiger partial charge on any atom is -0.335 e. The molecule has 0 spiro atoms. The highest BCUT2D eigenvalue weighted by Gasteiger charge is 2.21. The number of unbranched alkanes of at least 4 members (excludes halogenated alkanes) is 1. The van der Waals surface area contributed by atoms with Gasteiger partial charge in [0.15, 0.2) is 0 Å². The van der Waals surface area contributed by atoms with Crippen molar-refractivity contribution in [3.8, 4) is 6.07 Å². The molecule has 0 aromatic carbocycles. The zero-order chi connectivity index (χ0) is 14.3. The SMILES string of the molecule is CCCNC(C)(C#N)CCCCn1cnc(C)c1C. The molecule has 1 atom stereocenters. The van der Waals surface area contributed by atoms with Crippen LogP contribution < -0.4 is 5.32 Å². The van der Waals surface area contributed by atoms with Gasteiger partial charge in [-0.25, -0.2) is 4.98 Å². The molecule has 1 aromatic rings. The number of rotatable bonds is 8. The van der Waals surface area contributed by atoms with Gasteiger partial charge in [-0.15, -0.1) is 0 Å². The third kappa shape index (κ3) is 4.68. The first-order chi connectivity index (χ1) is 9.02. The molecule has 0 aliphatic carbocycles. The maximum Gasteiger partial charge on any atom is 0.103 e. The van der Waals surface area contributed by atoms with Gasteiger partial charge < -0.3 is 4.57 Å². The van der Waals surface area contributed by atoms with Crippen molar-refractivity contribution in [1.82, 2.24) is 14.9 Å². The van der Waals surface area contributed by atoms with Crippen LogP contribution in [0.5, 0.6) is 0 Å². The van der Waals surface area contributed by atoms with E-state index >= 15 is 0 Å². The van der Waals surface area contributed by atoms with Crippen molar-refractivity contribution in [3.63, 3.8) is 0 Å². The molecule has 1 unspecified atom stereocenters. The molecule has 0 amide bonds. The molecule has 1 N–H and O–H groups in total. The number of hydrogen-bond acceptors (Lipinski definition) is 3. The molecule has 4 heteroatoms. The quantitative estimate of drug-likeness (QED) is 0.733. The van der Waals surface area contributed by atoms with E-state index in [0.717, 1.165) is 44.5 Å². The number of hydrogen-bond donors (Lipinski definition) is 1. The summed E-state index contributed by atoms with van der Waals surface area (Å²) in [5.74, 6) is 0. The predicted octanol–water partition coefficient (Wildman–Crippen LogP) is 2.95. The van der Waals surface area contributed by atoms with E-state index in [4.69, 9.17) is 0 Å². The van der Waals surface area contributed by atoms with Crippen LogP contribution in [0, 0.1) is 25.2 Å². The average Bonchev–Trinajstić information content (AvgIpc) is 2.73. The lowest BCUT2D eigenvalue weighted by atomic mass is 9.96. The molecule has 4 nitrogen and oxygen atoms in total. The molecule has 0 fully saturated rings. The zero-order valence-electron chi connectivity index (χ0n) is 12.7. The van der Waals surface area contributed by atoms with E-state index in [1.165, 1.54) is 5.69 Å². The molecule has 0 aliphatic rings. The second-order valence-electron chi connectivity index (χ2n) is 5.44. The number of nitriles is 1. The smallest absolute Gasteiger partial charge is 0.103 e. The molecular formula is C15H26N4. The Hall–Kier alpha value is -1.34. The van der Waals surface area contributed by atoms with Crippen LogP contribution in [0.1, 0.15) is 50.9 Å². The minimum atomic E-state index is -0.379. The van der Waals surface area contributed by atoms with Crippen LogP contribution >= 0.6 is 0 Å². The van der Waals surface area contributed by atoms with Gasteiger partial charge in [0, 0.05) is 12.2 Å². The van der Waals surface area contributed by atoms with Crippen molar-refractivity contribution in [2.75, 3.05) is 6.54 Å². The van der Waals surface area contributed by atoms with Gasteiger partial charge in [-0.1, -0.05) is 6.92 Å². The number of nitrogens with zero attached hydrogens (tertiary/aromatic N) is 3. The molecule has 1 rings (SSSR count). The van der Waals surface area contributed by atoms with Gasteiger partial charge in [0.2, 0.25) is 0 Å². The second-order valence-corrected chi connectivity index (χ2v) is 5.44. The van der Waals surface area contributed by atoms with Crippen molar-refractivity contribution in [1.29, 1.82) is 5.26 Å². The molecule has 0 saturated heterocycles. The monoisotopic (exact) mass is 262 g/mol. The van der Waals surface area contributed by atoms with Crippen molar-refractivity contribution in [2.24, 2.45) is 0 Å². The normalized spacial score (nSPS) is 14.1. The zero-order valence-corrected chi connectivity index (χ0v) is 12.7. The first kappa shape index (κ1) is 15.7. The fraction of sp³-hybridized carbons (Fsp3) is 0.733. The number of aromatic nitrogens is 2. The minimum absolute atomic E-state index is 0.379. The van der Waals surface area contributed by atoms with Gasteiger partial charge in [0.05, 0.1) is 18.1 Å². The summed E-state index contributed by atoms with van der Waals surface area (Å²) in [4.78, 5) is 4.30. The van der Waals surface area contributed by atoms with Crippen molar-refractivity contribution < 1.29 is 0 Å². The molecule has 0 saturated carbocycles. The third-order valence-electron chi connectivity index (χ3n) is 3.68. The maximum atomic E-state index is 9.25. The summed E-state index contributed by atoms with van der Waals surface area (Å²) in [5, 5.41) is 12.6. The molecule has 1 heterocycles. The van der Waals surface area contributed by atoms with Crippen LogP contribution in [-0.2, 0) is 6.54 Å². The second kappa shape index (κ2) is 7.30. The molecule has 0 bridgehead atoms. The van der Waals surface area contributed by atoms with Crippen LogP contribution in [0.3, 0.4) is 0 Å².